The van der Waals surface area contributed by atoms with Crippen molar-refractivity contribution in [2.24, 2.45) is 11.8 Å². The van der Waals surface area contributed by atoms with E-state index in [0.717, 1.165) is 44.3 Å². The van der Waals surface area contributed by atoms with Crippen LogP contribution in [0.3, 0.4) is 0 Å². The van der Waals surface area contributed by atoms with Crippen LogP contribution in [0, 0.1) is 11.8 Å². The van der Waals surface area contributed by atoms with Crippen molar-refractivity contribution in [1.29, 1.82) is 0 Å². The van der Waals surface area contributed by atoms with Gasteiger partial charge < -0.3 is 10.6 Å². The van der Waals surface area contributed by atoms with Crippen molar-refractivity contribution >= 4 is 29.1 Å². The summed E-state index contributed by atoms with van der Waals surface area (Å²) in [6.45, 7) is 2.77. The van der Waals surface area contributed by atoms with Crippen LogP contribution in [0.1, 0.15) is 39.0 Å². The Morgan fingerprint density at radius 1 is 1.14 bits per heavy atom. The summed E-state index contributed by atoms with van der Waals surface area (Å²) in [6, 6.07) is 7.15. The van der Waals surface area contributed by atoms with E-state index >= 15 is 0 Å². The summed E-state index contributed by atoms with van der Waals surface area (Å²) >= 11 is 5.91. The van der Waals surface area contributed by atoms with Gasteiger partial charge in [0.25, 0.3) is 0 Å². The Hall–Kier alpha value is -1.55. The maximum Gasteiger partial charge on any atom is 0.227 e. The third kappa shape index (κ3) is 4.73. The number of rotatable bonds is 5. The Kier molecular flexibility index (Phi) is 6.25. The van der Waals surface area contributed by atoms with E-state index < -0.39 is 0 Å². The number of nitrogens with one attached hydrogen (secondary N) is 2. The molecule has 0 spiro atoms. The van der Waals surface area contributed by atoms with E-state index in [2.05, 4.69) is 10.6 Å². The molecule has 5 heteroatoms. The molecular weight excluding hydrogens is 300 g/mol. The average molecular weight is 323 g/mol. The van der Waals surface area contributed by atoms with Crippen molar-refractivity contribution in [2.75, 3.05) is 11.9 Å². The van der Waals surface area contributed by atoms with Crippen molar-refractivity contribution in [3.8, 4) is 0 Å². The molecule has 1 aliphatic rings. The minimum absolute atomic E-state index is 0.0193. The van der Waals surface area contributed by atoms with Crippen molar-refractivity contribution in [3.63, 3.8) is 0 Å². The second kappa shape index (κ2) is 8.18. The minimum atomic E-state index is -0.0193. The highest BCUT2D eigenvalue weighted by Gasteiger charge is 2.29. The molecule has 22 heavy (non-hydrogen) atoms. The molecule has 1 aliphatic carbocycles. The fourth-order valence-corrected chi connectivity index (χ4v) is 3.01. The van der Waals surface area contributed by atoms with Crippen LogP contribution < -0.4 is 10.6 Å². The van der Waals surface area contributed by atoms with E-state index in [4.69, 9.17) is 11.6 Å². The van der Waals surface area contributed by atoms with Crippen LogP contribution in [0.4, 0.5) is 5.69 Å². The third-order valence-corrected chi connectivity index (χ3v) is 4.35. The molecule has 0 bridgehead atoms. The Balaban J connectivity index is 1.81. The number of amides is 2. The number of benzene rings is 1. The van der Waals surface area contributed by atoms with Crippen LogP contribution in [0.2, 0.25) is 5.02 Å². The van der Waals surface area contributed by atoms with Gasteiger partial charge in [-0.05, 0) is 50.3 Å². The summed E-state index contributed by atoms with van der Waals surface area (Å²) in [4.78, 5) is 24.2. The lowest BCUT2D eigenvalue weighted by atomic mass is 9.81. The van der Waals surface area contributed by atoms with Gasteiger partial charge in [0.2, 0.25) is 11.8 Å². The molecule has 0 unspecified atom stereocenters. The predicted octanol–water partition coefficient (Wildman–Crippen LogP) is 3.61. The Bertz CT molecular complexity index is 525. The van der Waals surface area contributed by atoms with E-state index in [1.54, 1.807) is 12.1 Å². The van der Waals surface area contributed by atoms with Gasteiger partial charge in [-0.1, -0.05) is 24.6 Å². The van der Waals surface area contributed by atoms with Crippen LogP contribution in [-0.4, -0.2) is 18.4 Å². The number of hydrogen-bond donors (Lipinski definition) is 2. The second-order valence-corrected chi connectivity index (χ2v) is 6.28. The Labute approximate surface area is 136 Å². The van der Waals surface area contributed by atoms with Crippen molar-refractivity contribution in [3.05, 3.63) is 29.3 Å². The van der Waals surface area contributed by atoms with Gasteiger partial charge in [0, 0.05) is 29.1 Å². The molecule has 2 N–H and O–H groups in total. The first-order chi connectivity index (χ1) is 10.6. The summed E-state index contributed by atoms with van der Waals surface area (Å²) in [6.07, 6.45) is 4.03. The first-order valence-corrected chi connectivity index (χ1v) is 8.32. The molecule has 0 heterocycles. The van der Waals surface area contributed by atoms with Crippen LogP contribution in [0.25, 0.3) is 0 Å². The van der Waals surface area contributed by atoms with Crippen LogP contribution in [0.15, 0.2) is 24.3 Å². The summed E-state index contributed by atoms with van der Waals surface area (Å²) < 4.78 is 0. The van der Waals surface area contributed by atoms with Crippen molar-refractivity contribution < 1.29 is 9.59 Å². The zero-order chi connectivity index (χ0) is 15.9. The lowest BCUT2D eigenvalue weighted by molar-refractivity contribution is -0.128. The Morgan fingerprint density at radius 3 is 2.36 bits per heavy atom. The first kappa shape index (κ1) is 16.8. The van der Waals surface area contributed by atoms with Gasteiger partial charge in [-0.25, -0.2) is 0 Å². The molecule has 0 aliphatic heterocycles. The van der Waals surface area contributed by atoms with Crippen LogP contribution in [-0.2, 0) is 9.59 Å². The number of carbonyl (C=O) groups is 2. The van der Waals surface area contributed by atoms with Gasteiger partial charge in [-0.3, -0.25) is 9.59 Å². The number of hydrogen-bond acceptors (Lipinski definition) is 2. The second-order valence-electron chi connectivity index (χ2n) is 5.84. The van der Waals surface area contributed by atoms with E-state index in [0.29, 0.717) is 5.02 Å². The quantitative estimate of drug-likeness (QED) is 0.870. The molecule has 2 amide bonds. The number of halogens is 1. The van der Waals surface area contributed by atoms with Gasteiger partial charge in [0.1, 0.15) is 0 Å². The largest absolute Gasteiger partial charge is 0.356 e. The summed E-state index contributed by atoms with van der Waals surface area (Å²) in [5, 5.41) is 6.45. The molecule has 0 saturated heterocycles. The van der Waals surface area contributed by atoms with Crippen LogP contribution >= 0.6 is 11.6 Å². The van der Waals surface area contributed by atoms with E-state index in [1.807, 2.05) is 19.1 Å². The van der Waals surface area contributed by atoms with Gasteiger partial charge in [0.05, 0.1) is 0 Å². The molecule has 1 saturated carbocycles. The summed E-state index contributed by atoms with van der Waals surface area (Å²) in [7, 11) is 0. The topological polar surface area (TPSA) is 58.2 Å². The predicted molar refractivity (Wildman–Crippen MR) is 88.8 cm³/mol. The standard InChI is InChI=1S/C17H23ClN2O2/c1-2-10-19-16(21)12-6-8-13(9-7-12)17(22)20-15-5-3-4-14(18)11-15/h3-5,11-13H,2,6-10H2,1H3,(H,19,21)(H,20,22). The highest BCUT2D eigenvalue weighted by atomic mass is 35.5. The lowest BCUT2D eigenvalue weighted by Crippen LogP contribution is -2.35. The molecule has 1 aromatic rings. The molecule has 0 atom stereocenters. The number of anilines is 1. The fourth-order valence-electron chi connectivity index (χ4n) is 2.82. The minimum Gasteiger partial charge on any atom is -0.356 e. The highest BCUT2D eigenvalue weighted by molar-refractivity contribution is 6.30. The zero-order valence-electron chi connectivity index (χ0n) is 12.9. The lowest BCUT2D eigenvalue weighted by Gasteiger charge is -2.27. The van der Waals surface area contributed by atoms with E-state index in [-0.39, 0.29) is 23.7 Å². The van der Waals surface area contributed by atoms with Gasteiger partial charge in [0.15, 0.2) is 0 Å². The number of carbonyl (C=O) groups excluding carboxylic acids is 2. The highest BCUT2D eigenvalue weighted by Crippen LogP contribution is 2.30. The van der Waals surface area contributed by atoms with Gasteiger partial charge in [-0.2, -0.15) is 0 Å². The third-order valence-electron chi connectivity index (χ3n) is 4.11. The van der Waals surface area contributed by atoms with Gasteiger partial charge >= 0.3 is 0 Å². The van der Waals surface area contributed by atoms with E-state index in [1.165, 1.54) is 0 Å². The summed E-state index contributed by atoms with van der Waals surface area (Å²) in [5.41, 5.74) is 0.723. The van der Waals surface area contributed by atoms with Crippen molar-refractivity contribution in [2.45, 2.75) is 39.0 Å². The average Bonchev–Trinajstić information content (AvgIpc) is 2.52. The maximum absolute atomic E-state index is 12.3. The molecule has 1 aromatic carbocycles. The smallest absolute Gasteiger partial charge is 0.227 e. The Morgan fingerprint density at radius 2 is 1.77 bits per heavy atom. The normalized spacial score (nSPS) is 21.2. The summed E-state index contributed by atoms with van der Waals surface area (Å²) in [5.74, 6) is 0.196. The first-order valence-electron chi connectivity index (χ1n) is 7.94. The zero-order valence-corrected chi connectivity index (χ0v) is 13.7. The van der Waals surface area contributed by atoms with Crippen LogP contribution in [0.5, 0.6) is 0 Å². The SMILES string of the molecule is CCCNC(=O)C1CCC(C(=O)Nc2cccc(Cl)c2)CC1. The molecule has 0 radical (unpaired) electrons. The molecule has 120 valence electrons. The van der Waals surface area contributed by atoms with Gasteiger partial charge in [-0.15, -0.1) is 0 Å². The molecule has 2 rings (SSSR count). The maximum atomic E-state index is 12.3. The van der Waals surface area contributed by atoms with E-state index in [9.17, 15) is 9.59 Å². The monoisotopic (exact) mass is 322 g/mol. The molecular formula is C17H23ClN2O2. The fraction of sp³-hybridized carbons (Fsp3) is 0.529. The molecule has 4 nitrogen and oxygen atoms in total. The van der Waals surface area contributed by atoms with Crippen molar-refractivity contribution in [1.82, 2.24) is 5.32 Å². The molecule has 1 fully saturated rings. The molecule has 0 aromatic heterocycles.